The summed E-state index contributed by atoms with van der Waals surface area (Å²) >= 11 is 0. The topological polar surface area (TPSA) is 149 Å². The summed E-state index contributed by atoms with van der Waals surface area (Å²) < 4.78 is 43.6. The summed E-state index contributed by atoms with van der Waals surface area (Å²) in [6.07, 6.45) is 3.10. The Bertz CT molecular complexity index is 608. The van der Waals surface area contributed by atoms with Gasteiger partial charge < -0.3 is 24.3 Å². The molecule has 0 bridgehead atoms. The van der Waals surface area contributed by atoms with Gasteiger partial charge in [0, 0.05) is 30.7 Å². The highest BCUT2D eigenvalue weighted by atomic mass is 32.2. The van der Waals surface area contributed by atoms with Crippen molar-refractivity contribution in [3.05, 3.63) is 16.9 Å². The van der Waals surface area contributed by atoms with Gasteiger partial charge in [0.25, 0.3) is 0 Å². The summed E-state index contributed by atoms with van der Waals surface area (Å²) in [5.74, 6) is -0.164. The minimum Gasteiger partial charge on any atom is -0.379 e. The lowest BCUT2D eigenvalue weighted by Gasteiger charge is -2.24. The fourth-order valence-electron chi connectivity index (χ4n) is 1.94. The third-order valence-electron chi connectivity index (χ3n) is 3.67. The lowest BCUT2D eigenvalue weighted by atomic mass is 9.90. The van der Waals surface area contributed by atoms with E-state index >= 15 is 0 Å². The molecule has 0 unspecified atom stereocenters. The van der Waals surface area contributed by atoms with Gasteiger partial charge in [-0.3, -0.25) is 4.79 Å². The highest BCUT2D eigenvalue weighted by Gasteiger charge is 2.21. The van der Waals surface area contributed by atoms with E-state index in [-0.39, 0.29) is 24.7 Å². The zero-order valence-electron chi connectivity index (χ0n) is 18.2. The van der Waals surface area contributed by atoms with Gasteiger partial charge in [0.05, 0.1) is 58.6 Å². The van der Waals surface area contributed by atoms with E-state index in [2.05, 4.69) is 15.3 Å². The zero-order valence-corrected chi connectivity index (χ0v) is 19.0. The van der Waals surface area contributed by atoms with Crippen molar-refractivity contribution in [3.8, 4) is 0 Å². The van der Waals surface area contributed by atoms with Crippen LogP contribution in [0.25, 0.3) is 10.4 Å². The molecule has 0 aromatic rings. The smallest absolute Gasteiger partial charge is 0.222 e. The Balaban J connectivity index is 3.45. The summed E-state index contributed by atoms with van der Waals surface area (Å²) in [6, 6.07) is 0. The molecule has 0 fully saturated rings. The highest BCUT2D eigenvalue weighted by Crippen LogP contribution is 2.18. The van der Waals surface area contributed by atoms with E-state index in [9.17, 15) is 13.2 Å². The van der Waals surface area contributed by atoms with E-state index in [1.165, 1.54) is 6.26 Å². The van der Waals surface area contributed by atoms with E-state index in [0.717, 1.165) is 0 Å². The van der Waals surface area contributed by atoms with Crippen LogP contribution in [0.15, 0.2) is 5.11 Å². The molecule has 0 aromatic heterocycles. The number of ether oxygens (including phenoxy) is 4. The molecule has 0 saturated carbocycles. The zero-order chi connectivity index (χ0) is 22.7. The largest absolute Gasteiger partial charge is 0.379 e. The lowest BCUT2D eigenvalue weighted by molar-refractivity contribution is -0.122. The molecule has 0 rings (SSSR count). The Morgan fingerprint density at radius 3 is 2.00 bits per heavy atom. The number of nitrogens with zero attached hydrogens (tertiary/aromatic N) is 3. The number of carbonyl (C=O) groups is 1. The van der Waals surface area contributed by atoms with Crippen molar-refractivity contribution in [1.82, 2.24) is 5.32 Å². The standard InChI is InChI=1S/C18H35N4O7S/c1-18(2,5-15-30(3,24)25)16-20-17(23)4-7-26-9-11-28-13-14-29-12-10-27-8-6-21-22-19/h5H,4,6-16H2,1-3H3,(H,20,23). The molecular formula is C18H35N4O7S. The van der Waals surface area contributed by atoms with Crippen LogP contribution >= 0.6 is 0 Å². The van der Waals surface area contributed by atoms with Crippen molar-refractivity contribution >= 4 is 15.7 Å². The number of amides is 1. The maximum atomic E-state index is 11.8. The van der Waals surface area contributed by atoms with Gasteiger partial charge in [0.1, 0.15) is 9.84 Å². The van der Waals surface area contributed by atoms with Crippen molar-refractivity contribution in [3.63, 3.8) is 0 Å². The van der Waals surface area contributed by atoms with E-state index < -0.39 is 15.3 Å². The Hall–Kier alpha value is -1.43. The first kappa shape index (κ1) is 28.6. The maximum Gasteiger partial charge on any atom is 0.222 e. The summed E-state index contributed by atoms with van der Waals surface area (Å²) in [4.78, 5) is 14.4. The Morgan fingerprint density at radius 1 is 1.00 bits per heavy atom. The number of azide groups is 1. The molecule has 0 aliphatic heterocycles. The number of carbonyl (C=O) groups excluding carboxylic acids is 1. The van der Waals surface area contributed by atoms with Crippen LogP contribution in [0.1, 0.15) is 20.3 Å². The third-order valence-corrected chi connectivity index (χ3v) is 4.44. The number of hydrogen-bond acceptors (Lipinski definition) is 8. The third kappa shape index (κ3) is 21.3. The predicted octanol–water partition coefficient (Wildman–Crippen LogP) is 1.14. The van der Waals surface area contributed by atoms with Crippen LogP contribution in [0, 0.1) is 11.8 Å². The van der Waals surface area contributed by atoms with Crippen molar-refractivity contribution in [2.45, 2.75) is 20.3 Å². The van der Waals surface area contributed by atoms with Gasteiger partial charge in [-0.1, -0.05) is 19.0 Å². The van der Waals surface area contributed by atoms with Gasteiger partial charge in [-0.05, 0) is 17.4 Å². The predicted molar refractivity (Wildman–Crippen MR) is 113 cm³/mol. The first-order chi connectivity index (χ1) is 14.2. The molecule has 175 valence electrons. The van der Waals surface area contributed by atoms with Crippen LogP contribution in [-0.4, -0.2) is 92.3 Å². The summed E-state index contributed by atoms with van der Waals surface area (Å²) in [7, 11) is -3.06. The van der Waals surface area contributed by atoms with E-state index in [1.54, 1.807) is 6.42 Å². The molecule has 12 heteroatoms. The Kier molecular flexibility index (Phi) is 16.4. The van der Waals surface area contributed by atoms with Gasteiger partial charge in [-0.15, -0.1) is 0 Å². The summed E-state index contributed by atoms with van der Waals surface area (Å²) in [6.45, 7) is 7.59. The molecule has 1 amide bonds. The van der Waals surface area contributed by atoms with Gasteiger partial charge in [0.2, 0.25) is 5.91 Å². The van der Waals surface area contributed by atoms with Crippen LogP contribution in [0.4, 0.5) is 0 Å². The van der Waals surface area contributed by atoms with Crippen LogP contribution < -0.4 is 5.32 Å². The van der Waals surface area contributed by atoms with Gasteiger partial charge >= 0.3 is 0 Å². The van der Waals surface area contributed by atoms with Gasteiger partial charge in [0.15, 0.2) is 0 Å². The lowest BCUT2D eigenvalue weighted by Crippen LogP contribution is -2.35. The minimum atomic E-state index is -3.06. The van der Waals surface area contributed by atoms with Crippen molar-refractivity contribution in [2.24, 2.45) is 10.5 Å². The molecule has 0 aromatic carbocycles. The number of rotatable bonds is 20. The normalized spacial score (nSPS) is 11.8. The van der Waals surface area contributed by atoms with Crippen LogP contribution in [0.5, 0.6) is 0 Å². The molecule has 0 spiro atoms. The average molecular weight is 452 g/mol. The Morgan fingerprint density at radius 2 is 1.50 bits per heavy atom. The molecule has 0 atom stereocenters. The fourth-order valence-corrected chi connectivity index (χ4v) is 2.69. The van der Waals surface area contributed by atoms with Crippen LogP contribution in [-0.2, 0) is 33.6 Å². The highest BCUT2D eigenvalue weighted by molar-refractivity contribution is 7.90. The first-order valence-electron chi connectivity index (χ1n) is 9.77. The number of hydrogen-bond donors (Lipinski definition) is 1. The first-order valence-corrected chi connectivity index (χ1v) is 11.8. The van der Waals surface area contributed by atoms with Crippen molar-refractivity contribution in [1.29, 1.82) is 0 Å². The minimum absolute atomic E-state index is 0.0172. The second-order valence-electron chi connectivity index (χ2n) is 7.22. The molecule has 1 N–H and O–H groups in total. The second kappa shape index (κ2) is 17.3. The number of nitrogens with one attached hydrogen (secondary N) is 1. The molecule has 1 radical (unpaired) electrons. The molecule has 11 nitrogen and oxygen atoms in total. The summed E-state index contributed by atoms with van der Waals surface area (Å²) in [5.41, 5.74) is 7.68. The van der Waals surface area contributed by atoms with E-state index in [1.807, 2.05) is 13.8 Å². The molecule has 0 saturated heterocycles. The maximum absolute atomic E-state index is 11.8. The molecule has 0 heterocycles. The second-order valence-corrected chi connectivity index (χ2v) is 9.40. The Labute approximate surface area is 179 Å². The monoisotopic (exact) mass is 451 g/mol. The van der Waals surface area contributed by atoms with E-state index in [0.29, 0.717) is 59.3 Å². The number of sulfone groups is 1. The van der Waals surface area contributed by atoms with Crippen molar-refractivity contribution in [2.75, 3.05) is 78.0 Å². The SMILES string of the molecule is CC(C)([CH]CS(C)(=O)=O)CNC(=O)CCOCCOCCOCCOCCN=[N+]=[N-]. The molecular weight excluding hydrogens is 416 g/mol. The molecule has 0 aliphatic carbocycles. The average Bonchev–Trinajstić information content (AvgIpc) is 2.67. The van der Waals surface area contributed by atoms with Gasteiger partial charge in [-0.25, -0.2) is 8.42 Å². The fraction of sp³-hybridized carbons (Fsp3) is 0.889. The van der Waals surface area contributed by atoms with Crippen molar-refractivity contribution < 1.29 is 32.2 Å². The van der Waals surface area contributed by atoms with Gasteiger partial charge in [-0.2, -0.15) is 0 Å². The van der Waals surface area contributed by atoms with Crippen LogP contribution in [0.3, 0.4) is 0 Å². The molecule has 0 aliphatic rings. The van der Waals surface area contributed by atoms with Crippen LogP contribution in [0.2, 0.25) is 0 Å². The van der Waals surface area contributed by atoms with E-state index in [4.69, 9.17) is 24.5 Å². The quantitative estimate of drug-likeness (QED) is 0.126. The summed E-state index contributed by atoms with van der Waals surface area (Å²) in [5, 5.41) is 6.13. The molecule has 30 heavy (non-hydrogen) atoms.